The molecule has 0 amide bonds. The van der Waals surface area contributed by atoms with E-state index >= 15 is 0 Å². The van der Waals surface area contributed by atoms with Gasteiger partial charge in [-0.15, -0.1) is 0 Å². The zero-order chi connectivity index (χ0) is 17.3. The fourth-order valence-electron chi connectivity index (χ4n) is 3.85. The standard InChI is InChI=1S/C17H37B2NO2S/c1-17(2,14-20-4)23(21,22)19-16-11-8-6-5-7-10-15(18-3)12-9-13-16/h15-16,18-20H,5-14H2,1-4H3. The van der Waals surface area contributed by atoms with Crippen molar-refractivity contribution in [2.45, 2.75) is 94.8 Å². The maximum atomic E-state index is 12.8. The van der Waals surface area contributed by atoms with Crippen molar-refractivity contribution < 1.29 is 8.42 Å². The van der Waals surface area contributed by atoms with Crippen molar-refractivity contribution in [3.8, 4) is 0 Å². The summed E-state index contributed by atoms with van der Waals surface area (Å²) in [4.78, 5) is 0. The molecule has 0 aromatic carbocycles. The van der Waals surface area contributed by atoms with Gasteiger partial charge in [0.25, 0.3) is 6.56 Å². The van der Waals surface area contributed by atoms with Crippen molar-refractivity contribution >= 4 is 23.5 Å². The van der Waals surface area contributed by atoms with E-state index in [2.05, 4.69) is 12.1 Å². The maximum Gasteiger partial charge on any atom is 0.277 e. The van der Waals surface area contributed by atoms with Crippen molar-refractivity contribution in [1.29, 1.82) is 0 Å². The molecule has 1 aliphatic carbocycles. The SMILES string of the molecule is CBC1CCCCCCC(BS(=O)(=O)C(C)(C)CNC)CCC1. The van der Waals surface area contributed by atoms with E-state index in [-0.39, 0.29) is 0 Å². The smallest absolute Gasteiger partial charge is 0.277 e. The second-order valence-corrected chi connectivity index (χ2v) is 10.8. The average molecular weight is 341 g/mol. The number of hydrogen-bond donors (Lipinski definition) is 1. The summed E-state index contributed by atoms with van der Waals surface area (Å²) in [5.41, 5.74) is 0. The van der Waals surface area contributed by atoms with Crippen molar-refractivity contribution in [1.82, 2.24) is 5.32 Å². The van der Waals surface area contributed by atoms with Crippen molar-refractivity contribution in [3.63, 3.8) is 0 Å². The van der Waals surface area contributed by atoms with Gasteiger partial charge >= 0.3 is 0 Å². The Morgan fingerprint density at radius 2 is 1.48 bits per heavy atom. The first kappa shape index (κ1) is 21.1. The van der Waals surface area contributed by atoms with Crippen molar-refractivity contribution in [2.24, 2.45) is 0 Å². The highest BCUT2D eigenvalue weighted by Gasteiger charge is 2.36. The minimum atomic E-state index is -3.06. The molecule has 3 nitrogen and oxygen atoms in total. The molecule has 6 heteroatoms. The van der Waals surface area contributed by atoms with Gasteiger partial charge in [-0.05, 0) is 26.7 Å². The first-order valence-electron chi connectivity index (χ1n) is 9.69. The Hall–Kier alpha value is 0.0399. The largest absolute Gasteiger partial charge is 0.318 e. The Kier molecular flexibility index (Phi) is 9.28. The average Bonchev–Trinajstić information content (AvgIpc) is 2.52. The van der Waals surface area contributed by atoms with E-state index < -0.39 is 14.4 Å². The van der Waals surface area contributed by atoms with Gasteiger partial charge in [0.15, 0.2) is 0 Å². The molecule has 0 heterocycles. The zero-order valence-corrected chi connectivity index (χ0v) is 16.7. The minimum Gasteiger partial charge on any atom is -0.318 e. The molecule has 1 rings (SSSR count). The van der Waals surface area contributed by atoms with Crippen LogP contribution < -0.4 is 5.32 Å². The van der Waals surface area contributed by atoms with Gasteiger partial charge in [-0.25, -0.2) is 8.42 Å². The van der Waals surface area contributed by atoms with Crippen molar-refractivity contribution in [3.05, 3.63) is 0 Å². The lowest BCUT2D eigenvalue weighted by Gasteiger charge is -2.27. The molecule has 1 aliphatic rings. The third-order valence-corrected chi connectivity index (χ3v) is 8.41. The van der Waals surface area contributed by atoms with Crippen LogP contribution in [0.15, 0.2) is 0 Å². The Labute approximate surface area is 146 Å². The molecule has 0 aliphatic heterocycles. The number of rotatable bonds is 6. The highest BCUT2D eigenvalue weighted by atomic mass is 32.2. The van der Waals surface area contributed by atoms with Gasteiger partial charge in [-0.2, -0.15) is 0 Å². The summed E-state index contributed by atoms with van der Waals surface area (Å²) in [7, 11) is 0.0430. The molecule has 1 fully saturated rings. The predicted molar refractivity (Wildman–Crippen MR) is 106 cm³/mol. The van der Waals surface area contributed by atoms with Crippen molar-refractivity contribution in [2.75, 3.05) is 13.6 Å². The van der Waals surface area contributed by atoms with Gasteiger partial charge in [0, 0.05) is 6.54 Å². The third-order valence-electron chi connectivity index (χ3n) is 5.68. The molecule has 1 saturated carbocycles. The monoisotopic (exact) mass is 341 g/mol. The second-order valence-electron chi connectivity index (χ2n) is 8.13. The molecule has 0 aromatic heterocycles. The van der Waals surface area contributed by atoms with Crippen LogP contribution in [0.5, 0.6) is 0 Å². The topological polar surface area (TPSA) is 46.2 Å². The summed E-state index contributed by atoms with van der Waals surface area (Å²) < 4.78 is 25.0. The van der Waals surface area contributed by atoms with E-state index in [9.17, 15) is 8.42 Å². The van der Waals surface area contributed by atoms with Gasteiger partial charge < -0.3 is 5.32 Å². The van der Waals surface area contributed by atoms with Gasteiger partial charge in [-0.3, -0.25) is 0 Å². The minimum absolute atomic E-state index is 0.353. The third kappa shape index (κ3) is 7.21. The fourth-order valence-corrected chi connectivity index (χ4v) is 5.62. The zero-order valence-electron chi connectivity index (χ0n) is 15.9. The molecule has 1 N–H and O–H groups in total. The van der Waals surface area contributed by atoms with E-state index in [4.69, 9.17) is 0 Å². The Morgan fingerprint density at radius 1 is 0.957 bits per heavy atom. The molecule has 0 saturated heterocycles. The molecular formula is C17H37B2NO2S. The Bertz CT molecular complexity index is 426. The van der Waals surface area contributed by atoms with E-state index in [0.717, 1.165) is 18.7 Å². The van der Waals surface area contributed by atoms with E-state index in [0.29, 0.717) is 18.9 Å². The van der Waals surface area contributed by atoms with Crippen LogP contribution in [-0.2, 0) is 9.69 Å². The lowest BCUT2D eigenvalue weighted by atomic mass is 9.62. The molecule has 0 aromatic rings. The van der Waals surface area contributed by atoms with Crippen LogP contribution in [0.1, 0.15) is 71.6 Å². The molecular weight excluding hydrogens is 304 g/mol. The van der Waals surface area contributed by atoms with Gasteiger partial charge in [0.05, 0.1) is 4.75 Å². The van der Waals surface area contributed by atoms with Crippen LogP contribution in [-0.4, -0.2) is 40.6 Å². The van der Waals surface area contributed by atoms with Crippen LogP contribution in [0.25, 0.3) is 0 Å². The Morgan fingerprint density at radius 3 is 2.04 bits per heavy atom. The lowest BCUT2D eigenvalue weighted by Crippen LogP contribution is -2.44. The molecule has 0 spiro atoms. The quantitative estimate of drug-likeness (QED) is 0.754. The molecule has 2 atom stereocenters. The van der Waals surface area contributed by atoms with Crippen LogP contribution in [0.3, 0.4) is 0 Å². The highest BCUT2D eigenvalue weighted by Crippen LogP contribution is 2.31. The van der Waals surface area contributed by atoms with Crippen LogP contribution in [0, 0.1) is 0 Å². The fraction of sp³-hybridized carbons (Fsp3) is 1.00. The summed E-state index contributed by atoms with van der Waals surface area (Å²) in [5, 5.41) is 3.03. The maximum absolute atomic E-state index is 12.8. The first-order chi connectivity index (χ1) is 10.8. The number of nitrogens with one attached hydrogen (secondary N) is 1. The normalized spacial score (nSPS) is 25.4. The van der Waals surface area contributed by atoms with E-state index in [1.807, 2.05) is 20.9 Å². The molecule has 2 unspecified atom stereocenters. The second kappa shape index (κ2) is 10.1. The molecule has 134 valence electrons. The predicted octanol–water partition coefficient (Wildman–Crippen LogP) is 3.34. The summed E-state index contributed by atoms with van der Waals surface area (Å²) in [6.07, 6.45) is 11.2. The highest BCUT2D eigenvalue weighted by molar-refractivity contribution is 8.16. The Balaban J connectivity index is 2.67. The van der Waals surface area contributed by atoms with Crippen LogP contribution >= 0.6 is 0 Å². The van der Waals surface area contributed by atoms with Gasteiger partial charge in [-0.1, -0.05) is 70.4 Å². The lowest BCUT2D eigenvalue weighted by molar-refractivity contribution is 0.540. The summed E-state index contributed by atoms with van der Waals surface area (Å²) in [5.74, 6) is 1.21. The summed E-state index contributed by atoms with van der Waals surface area (Å²) in [6, 6.07) is 0. The summed E-state index contributed by atoms with van der Waals surface area (Å²) >= 11 is 0. The van der Waals surface area contributed by atoms with E-state index in [1.54, 1.807) is 0 Å². The molecule has 23 heavy (non-hydrogen) atoms. The van der Waals surface area contributed by atoms with E-state index in [1.165, 1.54) is 52.2 Å². The van der Waals surface area contributed by atoms with Crippen LogP contribution in [0.4, 0.5) is 0 Å². The molecule has 0 radical (unpaired) electrons. The molecule has 0 bridgehead atoms. The number of hydrogen-bond acceptors (Lipinski definition) is 3. The van der Waals surface area contributed by atoms with Gasteiger partial charge in [0.2, 0.25) is 0 Å². The van der Waals surface area contributed by atoms with Gasteiger partial charge in [0.1, 0.15) is 17.0 Å². The first-order valence-corrected chi connectivity index (χ1v) is 11.3. The summed E-state index contributed by atoms with van der Waals surface area (Å²) in [6.45, 7) is 6.92. The van der Waals surface area contributed by atoms with Crippen LogP contribution in [0.2, 0.25) is 18.5 Å².